The molecule has 0 spiro atoms. The first-order valence-corrected chi connectivity index (χ1v) is 10.9. The minimum atomic E-state index is 0.191. The van der Waals surface area contributed by atoms with Gasteiger partial charge in [0.2, 0.25) is 5.91 Å². The summed E-state index contributed by atoms with van der Waals surface area (Å²) in [5.41, 5.74) is 0. The van der Waals surface area contributed by atoms with Gasteiger partial charge in [0.05, 0.1) is 0 Å². The maximum absolute atomic E-state index is 12.1. The Kier molecular flexibility index (Phi) is 7.99. The first-order valence-electron chi connectivity index (χ1n) is 9.61. The van der Waals surface area contributed by atoms with E-state index in [4.69, 9.17) is 16.3 Å². The Morgan fingerprint density at radius 1 is 1.22 bits per heavy atom. The smallest absolute Gasteiger partial charge is 0.220 e. The summed E-state index contributed by atoms with van der Waals surface area (Å²) in [7, 11) is 0. The van der Waals surface area contributed by atoms with Crippen LogP contribution in [0.2, 0.25) is 5.02 Å². The lowest BCUT2D eigenvalue weighted by Crippen LogP contribution is -2.45. The zero-order valence-corrected chi connectivity index (χ0v) is 17.1. The zero-order valence-electron chi connectivity index (χ0n) is 15.5. The number of nitrogens with one attached hydrogen (secondary N) is 1. The van der Waals surface area contributed by atoms with E-state index in [0.717, 1.165) is 56.1 Å². The molecular formula is C21H27ClN2O2S. The number of likely N-dealkylation sites (tertiary alicyclic amines) is 1. The SMILES string of the molecule is O=C(CCCc1cccs1)NC1CCN(CCOc2ccc(Cl)cc2)CC1. The van der Waals surface area contributed by atoms with Gasteiger partial charge in [-0.25, -0.2) is 0 Å². The van der Waals surface area contributed by atoms with Crippen molar-refractivity contribution < 1.29 is 9.53 Å². The van der Waals surface area contributed by atoms with Crippen molar-refractivity contribution in [3.05, 3.63) is 51.7 Å². The number of halogens is 1. The third-order valence-electron chi connectivity index (χ3n) is 4.85. The van der Waals surface area contributed by atoms with Crippen LogP contribution in [0, 0.1) is 0 Å². The van der Waals surface area contributed by atoms with E-state index in [9.17, 15) is 4.79 Å². The van der Waals surface area contributed by atoms with Crippen molar-refractivity contribution in [2.75, 3.05) is 26.2 Å². The third kappa shape index (κ3) is 7.17. The highest BCUT2D eigenvalue weighted by atomic mass is 35.5. The van der Waals surface area contributed by atoms with Gasteiger partial charge in [-0.15, -0.1) is 11.3 Å². The van der Waals surface area contributed by atoms with Gasteiger partial charge in [-0.2, -0.15) is 0 Å². The fraction of sp³-hybridized carbons (Fsp3) is 0.476. The van der Waals surface area contributed by atoms with Crippen LogP contribution < -0.4 is 10.1 Å². The topological polar surface area (TPSA) is 41.6 Å². The molecule has 4 nitrogen and oxygen atoms in total. The van der Waals surface area contributed by atoms with E-state index in [1.165, 1.54) is 4.88 Å². The van der Waals surface area contributed by atoms with Crippen molar-refractivity contribution in [3.8, 4) is 5.75 Å². The van der Waals surface area contributed by atoms with Crippen molar-refractivity contribution >= 4 is 28.8 Å². The van der Waals surface area contributed by atoms with Gasteiger partial charge in [0.25, 0.3) is 0 Å². The Hall–Kier alpha value is -1.56. The van der Waals surface area contributed by atoms with E-state index in [0.29, 0.717) is 19.1 Å². The van der Waals surface area contributed by atoms with Crippen LogP contribution in [0.4, 0.5) is 0 Å². The largest absolute Gasteiger partial charge is 0.492 e. The molecule has 0 saturated carbocycles. The molecule has 1 aromatic carbocycles. The zero-order chi connectivity index (χ0) is 18.9. The predicted octanol–water partition coefficient (Wildman–Crippen LogP) is 4.38. The maximum atomic E-state index is 12.1. The summed E-state index contributed by atoms with van der Waals surface area (Å²) >= 11 is 7.64. The van der Waals surface area contributed by atoms with Gasteiger partial charge < -0.3 is 10.1 Å². The Balaban J connectivity index is 1.26. The average Bonchev–Trinajstić information content (AvgIpc) is 3.18. The fourth-order valence-electron chi connectivity index (χ4n) is 3.30. The molecule has 2 aromatic rings. The molecule has 0 aliphatic carbocycles. The van der Waals surface area contributed by atoms with Crippen LogP contribution in [0.1, 0.15) is 30.6 Å². The van der Waals surface area contributed by atoms with Crippen LogP contribution >= 0.6 is 22.9 Å². The molecule has 0 bridgehead atoms. The molecule has 27 heavy (non-hydrogen) atoms. The summed E-state index contributed by atoms with van der Waals surface area (Å²) in [5, 5.41) is 6.01. The van der Waals surface area contributed by atoms with Gasteiger partial charge in [-0.1, -0.05) is 17.7 Å². The normalized spacial score (nSPS) is 15.6. The lowest BCUT2D eigenvalue weighted by atomic mass is 10.0. The van der Waals surface area contributed by atoms with Crippen molar-refractivity contribution in [2.45, 2.75) is 38.1 Å². The highest BCUT2D eigenvalue weighted by Crippen LogP contribution is 2.16. The standard InChI is InChI=1S/C21H27ClN2O2S/c22-17-6-8-19(9-7-17)26-15-14-24-12-10-18(11-13-24)23-21(25)5-1-3-20-4-2-16-27-20/h2,4,6-9,16,18H,1,3,5,10-15H2,(H,23,25). The van der Waals surface area contributed by atoms with Crippen molar-refractivity contribution in [1.82, 2.24) is 10.2 Å². The summed E-state index contributed by atoms with van der Waals surface area (Å²) in [6.45, 7) is 3.58. The second kappa shape index (κ2) is 10.7. The minimum Gasteiger partial charge on any atom is -0.492 e. The molecule has 6 heteroatoms. The number of aryl methyl sites for hydroxylation is 1. The average molecular weight is 407 g/mol. The van der Waals surface area contributed by atoms with E-state index in [1.807, 2.05) is 24.3 Å². The Bertz CT molecular complexity index is 683. The number of amides is 1. The lowest BCUT2D eigenvalue weighted by molar-refractivity contribution is -0.122. The van der Waals surface area contributed by atoms with Crippen LogP contribution in [-0.4, -0.2) is 43.1 Å². The van der Waals surface area contributed by atoms with Crippen molar-refractivity contribution in [2.24, 2.45) is 0 Å². The van der Waals surface area contributed by atoms with Crippen LogP contribution in [0.25, 0.3) is 0 Å². The van der Waals surface area contributed by atoms with Crippen LogP contribution in [0.3, 0.4) is 0 Å². The van der Waals surface area contributed by atoms with Gasteiger partial charge in [-0.05, 0) is 61.4 Å². The molecule has 1 aromatic heterocycles. The second-order valence-corrected chi connectivity index (χ2v) is 8.39. The van der Waals surface area contributed by atoms with Gasteiger partial charge >= 0.3 is 0 Å². The van der Waals surface area contributed by atoms with Crippen LogP contribution in [-0.2, 0) is 11.2 Å². The van der Waals surface area contributed by atoms with Crippen molar-refractivity contribution in [1.29, 1.82) is 0 Å². The number of rotatable bonds is 9. The fourth-order valence-corrected chi connectivity index (χ4v) is 4.18. The summed E-state index contributed by atoms with van der Waals surface area (Å²) in [5.74, 6) is 1.04. The van der Waals surface area contributed by atoms with E-state index in [1.54, 1.807) is 11.3 Å². The number of hydrogen-bond donors (Lipinski definition) is 1. The number of thiophene rings is 1. The number of carbonyl (C=O) groups excluding carboxylic acids is 1. The van der Waals surface area contributed by atoms with Crippen molar-refractivity contribution in [3.63, 3.8) is 0 Å². The highest BCUT2D eigenvalue weighted by molar-refractivity contribution is 7.09. The molecule has 1 N–H and O–H groups in total. The number of benzene rings is 1. The minimum absolute atomic E-state index is 0.191. The first kappa shape index (κ1) is 20.2. The van der Waals surface area contributed by atoms with E-state index >= 15 is 0 Å². The monoisotopic (exact) mass is 406 g/mol. The number of hydrogen-bond acceptors (Lipinski definition) is 4. The van der Waals surface area contributed by atoms with Gasteiger partial charge in [0, 0.05) is 42.0 Å². The third-order valence-corrected chi connectivity index (χ3v) is 6.04. The number of piperidine rings is 1. The molecule has 1 aliphatic heterocycles. The molecule has 1 saturated heterocycles. The molecule has 1 aliphatic rings. The first-order chi connectivity index (χ1) is 13.2. The summed E-state index contributed by atoms with van der Waals surface area (Å²) in [6.07, 6.45) is 4.56. The molecule has 146 valence electrons. The summed E-state index contributed by atoms with van der Waals surface area (Å²) in [6, 6.07) is 12.0. The summed E-state index contributed by atoms with van der Waals surface area (Å²) < 4.78 is 5.76. The number of carbonyl (C=O) groups is 1. The van der Waals surface area contributed by atoms with E-state index in [-0.39, 0.29) is 5.91 Å². The molecular weight excluding hydrogens is 380 g/mol. The molecule has 3 rings (SSSR count). The van der Waals surface area contributed by atoms with E-state index in [2.05, 4.69) is 27.7 Å². The molecule has 0 atom stereocenters. The Morgan fingerprint density at radius 3 is 2.70 bits per heavy atom. The molecule has 2 heterocycles. The van der Waals surface area contributed by atoms with Gasteiger partial charge in [0.15, 0.2) is 0 Å². The van der Waals surface area contributed by atoms with Gasteiger partial charge in [0.1, 0.15) is 12.4 Å². The lowest BCUT2D eigenvalue weighted by Gasteiger charge is -2.32. The highest BCUT2D eigenvalue weighted by Gasteiger charge is 2.20. The molecule has 0 unspecified atom stereocenters. The van der Waals surface area contributed by atoms with Crippen LogP contribution in [0.5, 0.6) is 5.75 Å². The Morgan fingerprint density at radius 2 is 2.00 bits per heavy atom. The molecule has 0 radical (unpaired) electrons. The maximum Gasteiger partial charge on any atom is 0.220 e. The predicted molar refractivity (Wildman–Crippen MR) is 112 cm³/mol. The quantitative estimate of drug-likeness (QED) is 0.671. The Labute approximate surface area is 170 Å². The molecule has 1 amide bonds. The van der Waals surface area contributed by atoms with E-state index < -0.39 is 0 Å². The van der Waals surface area contributed by atoms with Gasteiger partial charge in [-0.3, -0.25) is 9.69 Å². The second-order valence-electron chi connectivity index (χ2n) is 6.92. The summed E-state index contributed by atoms with van der Waals surface area (Å²) in [4.78, 5) is 15.9. The number of nitrogens with zero attached hydrogens (tertiary/aromatic N) is 1. The molecule has 1 fully saturated rings. The number of ether oxygens (including phenoxy) is 1. The van der Waals surface area contributed by atoms with Crippen LogP contribution in [0.15, 0.2) is 41.8 Å².